The van der Waals surface area contributed by atoms with Crippen LogP contribution in [0.2, 0.25) is 0 Å². The maximum atomic E-state index is 12.2. The number of amides is 1. The summed E-state index contributed by atoms with van der Waals surface area (Å²) in [5.41, 5.74) is 7.64. The highest BCUT2D eigenvalue weighted by Gasteiger charge is 2.12. The van der Waals surface area contributed by atoms with Crippen LogP contribution < -0.4 is 11.1 Å². The molecule has 23 heavy (non-hydrogen) atoms. The Labute approximate surface area is 140 Å². The standard InChI is InChI=1S/C16H18N4O2.ClH/c1-10(2)20-15-6-13(4-3-11(15)8-18-20)19-16(21)12-5-14(7-17)22-9-12;/h3-6,8-10H,7,17H2,1-2H3,(H,19,21);1H. The fraction of sp³-hybridized carbons (Fsp3) is 0.250. The molecule has 0 radical (unpaired) electrons. The molecule has 3 rings (SSSR count). The molecule has 7 heteroatoms. The minimum Gasteiger partial charge on any atom is -0.467 e. The monoisotopic (exact) mass is 334 g/mol. The van der Waals surface area contributed by atoms with Crippen molar-refractivity contribution in [2.45, 2.75) is 26.4 Å². The molecule has 0 spiro atoms. The molecule has 1 amide bonds. The summed E-state index contributed by atoms with van der Waals surface area (Å²) in [6.45, 7) is 4.40. The summed E-state index contributed by atoms with van der Waals surface area (Å²) in [5, 5.41) is 8.27. The normalized spacial score (nSPS) is 10.8. The Balaban J connectivity index is 0.00000192. The largest absolute Gasteiger partial charge is 0.467 e. The van der Waals surface area contributed by atoms with Gasteiger partial charge in [0, 0.05) is 17.1 Å². The van der Waals surface area contributed by atoms with Crippen LogP contribution in [0, 0.1) is 0 Å². The van der Waals surface area contributed by atoms with Gasteiger partial charge in [-0.25, -0.2) is 0 Å². The van der Waals surface area contributed by atoms with E-state index in [9.17, 15) is 4.79 Å². The van der Waals surface area contributed by atoms with E-state index in [-0.39, 0.29) is 30.9 Å². The molecule has 0 atom stereocenters. The van der Waals surface area contributed by atoms with E-state index in [4.69, 9.17) is 10.2 Å². The number of fused-ring (bicyclic) bond motifs is 1. The number of carbonyl (C=O) groups is 1. The second-order valence-corrected chi connectivity index (χ2v) is 5.42. The van der Waals surface area contributed by atoms with Crippen LogP contribution in [0.15, 0.2) is 41.1 Å². The smallest absolute Gasteiger partial charge is 0.258 e. The molecule has 6 nitrogen and oxygen atoms in total. The number of rotatable bonds is 4. The second-order valence-electron chi connectivity index (χ2n) is 5.42. The molecule has 0 fully saturated rings. The maximum Gasteiger partial charge on any atom is 0.258 e. The predicted molar refractivity (Wildman–Crippen MR) is 91.9 cm³/mol. The summed E-state index contributed by atoms with van der Waals surface area (Å²) in [4.78, 5) is 12.2. The predicted octanol–water partition coefficient (Wildman–Crippen LogP) is 3.34. The molecular weight excluding hydrogens is 316 g/mol. The summed E-state index contributed by atoms with van der Waals surface area (Å²) in [6.07, 6.45) is 3.24. The molecule has 2 heterocycles. The van der Waals surface area contributed by atoms with Gasteiger partial charge in [-0.1, -0.05) is 0 Å². The third kappa shape index (κ3) is 3.38. The van der Waals surface area contributed by atoms with Crippen molar-refractivity contribution >= 4 is 34.9 Å². The number of halogens is 1. The van der Waals surface area contributed by atoms with Gasteiger partial charge < -0.3 is 15.5 Å². The number of nitrogens with two attached hydrogens (primary N) is 1. The van der Waals surface area contributed by atoms with Gasteiger partial charge in [-0.05, 0) is 38.1 Å². The molecule has 0 unspecified atom stereocenters. The Morgan fingerprint density at radius 1 is 1.39 bits per heavy atom. The van der Waals surface area contributed by atoms with E-state index in [0.29, 0.717) is 11.3 Å². The number of furan rings is 1. The Kier molecular flexibility index (Phi) is 5.08. The second kappa shape index (κ2) is 6.85. The van der Waals surface area contributed by atoms with Crippen LogP contribution in [-0.2, 0) is 6.54 Å². The van der Waals surface area contributed by atoms with Crippen LogP contribution in [0.25, 0.3) is 10.9 Å². The summed E-state index contributed by atoms with van der Waals surface area (Å²) in [5.74, 6) is 0.358. The lowest BCUT2D eigenvalue weighted by Crippen LogP contribution is -2.11. The number of benzene rings is 1. The zero-order valence-corrected chi connectivity index (χ0v) is 13.8. The Hall–Kier alpha value is -2.31. The first-order valence-electron chi connectivity index (χ1n) is 7.14. The van der Waals surface area contributed by atoms with Gasteiger partial charge >= 0.3 is 0 Å². The van der Waals surface area contributed by atoms with Gasteiger partial charge in [0.2, 0.25) is 0 Å². The van der Waals surface area contributed by atoms with Gasteiger partial charge in [0.25, 0.3) is 5.91 Å². The van der Waals surface area contributed by atoms with Gasteiger partial charge in [0.1, 0.15) is 12.0 Å². The number of hydrogen-bond donors (Lipinski definition) is 2. The van der Waals surface area contributed by atoms with Crippen molar-refractivity contribution in [3.05, 3.63) is 48.0 Å². The maximum absolute atomic E-state index is 12.2. The SMILES string of the molecule is CC(C)n1ncc2ccc(NC(=O)c3coc(CN)c3)cc21.Cl. The minimum atomic E-state index is -0.224. The lowest BCUT2D eigenvalue weighted by atomic mass is 10.2. The molecule has 3 N–H and O–H groups in total. The molecule has 3 aromatic rings. The first kappa shape index (κ1) is 17.1. The average Bonchev–Trinajstić information content (AvgIpc) is 3.13. The number of hydrogen-bond acceptors (Lipinski definition) is 4. The number of aromatic nitrogens is 2. The average molecular weight is 335 g/mol. The van der Waals surface area contributed by atoms with E-state index in [0.717, 1.165) is 16.6 Å². The highest BCUT2D eigenvalue weighted by Crippen LogP contribution is 2.22. The lowest BCUT2D eigenvalue weighted by Gasteiger charge is -2.09. The summed E-state index contributed by atoms with van der Waals surface area (Å²) < 4.78 is 7.11. The minimum absolute atomic E-state index is 0. The topological polar surface area (TPSA) is 86.1 Å². The van der Waals surface area contributed by atoms with Crippen LogP contribution in [-0.4, -0.2) is 15.7 Å². The molecule has 0 bridgehead atoms. The van der Waals surface area contributed by atoms with Crippen LogP contribution in [0.5, 0.6) is 0 Å². The quantitative estimate of drug-likeness (QED) is 0.766. The lowest BCUT2D eigenvalue weighted by molar-refractivity contribution is 0.102. The fourth-order valence-corrected chi connectivity index (χ4v) is 2.34. The molecule has 0 saturated carbocycles. The van der Waals surface area contributed by atoms with Crippen molar-refractivity contribution in [2.24, 2.45) is 5.73 Å². The molecular formula is C16H19ClN4O2. The van der Waals surface area contributed by atoms with E-state index in [1.54, 1.807) is 6.07 Å². The Morgan fingerprint density at radius 3 is 2.83 bits per heavy atom. The molecule has 0 aliphatic rings. The Morgan fingerprint density at radius 2 is 2.17 bits per heavy atom. The Bertz CT molecular complexity index is 822. The molecule has 0 aliphatic carbocycles. The zero-order chi connectivity index (χ0) is 15.7. The van der Waals surface area contributed by atoms with Crippen molar-refractivity contribution in [2.75, 3.05) is 5.32 Å². The van der Waals surface area contributed by atoms with Gasteiger partial charge in [-0.3, -0.25) is 9.48 Å². The van der Waals surface area contributed by atoms with Crippen LogP contribution in [0.4, 0.5) is 5.69 Å². The van der Waals surface area contributed by atoms with Crippen LogP contribution in [0.1, 0.15) is 36.0 Å². The van der Waals surface area contributed by atoms with E-state index in [1.807, 2.05) is 29.1 Å². The number of nitrogens with one attached hydrogen (secondary N) is 1. The molecule has 122 valence electrons. The fourth-order valence-electron chi connectivity index (χ4n) is 2.34. The van der Waals surface area contributed by atoms with Crippen molar-refractivity contribution in [1.82, 2.24) is 9.78 Å². The van der Waals surface area contributed by atoms with Crippen molar-refractivity contribution in [3.8, 4) is 0 Å². The van der Waals surface area contributed by atoms with Gasteiger partial charge in [0.05, 0.1) is 23.8 Å². The van der Waals surface area contributed by atoms with Crippen LogP contribution in [0.3, 0.4) is 0 Å². The summed E-state index contributed by atoms with van der Waals surface area (Å²) >= 11 is 0. The summed E-state index contributed by atoms with van der Waals surface area (Å²) in [6, 6.07) is 7.62. The van der Waals surface area contributed by atoms with E-state index >= 15 is 0 Å². The van der Waals surface area contributed by atoms with Gasteiger partial charge in [-0.2, -0.15) is 5.10 Å². The number of nitrogens with zero attached hydrogens (tertiary/aromatic N) is 2. The highest BCUT2D eigenvalue weighted by molar-refractivity contribution is 6.04. The number of carbonyl (C=O) groups excluding carboxylic acids is 1. The summed E-state index contributed by atoms with van der Waals surface area (Å²) in [7, 11) is 0. The van der Waals surface area contributed by atoms with Crippen molar-refractivity contribution in [3.63, 3.8) is 0 Å². The van der Waals surface area contributed by atoms with Crippen molar-refractivity contribution < 1.29 is 9.21 Å². The van der Waals surface area contributed by atoms with Gasteiger partial charge in [-0.15, -0.1) is 12.4 Å². The first-order valence-corrected chi connectivity index (χ1v) is 7.14. The van der Waals surface area contributed by atoms with Gasteiger partial charge in [0.15, 0.2) is 0 Å². The van der Waals surface area contributed by atoms with Crippen molar-refractivity contribution in [1.29, 1.82) is 0 Å². The van der Waals surface area contributed by atoms with E-state index in [2.05, 4.69) is 24.3 Å². The molecule has 0 aliphatic heterocycles. The zero-order valence-electron chi connectivity index (χ0n) is 12.9. The molecule has 0 saturated heterocycles. The van der Waals surface area contributed by atoms with Crippen LogP contribution >= 0.6 is 12.4 Å². The molecule has 2 aromatic heterocycles. The third-order valence-electron chi connectivity index (χ3n) is 3.46. The third-order valence-corrected chi connectivity index (χ3v) is 3.46. The van der Waals surface area contributed by atoms with E-state index < -0.39 is 0 Å². The highest BCUT2D eigenvalue weighted by atomic mass is 35.5. The molecule has 1 aromatic carbocycles. The first-order chi connectivity index (χ1) is 10.6. The van der Waals surface area contributed by atoms with E-state index in [1.165, 1.54) is 6.26 Å². The number of anilines is 1.